The van der Waals surface area contributed by atoms with Gasteiger partial charge in [-0.05, 0) is 75.2 Å². The molecule has 0 radical (unpaired) electrons. The molecule has 0 aliphatic heterocycles. The predicted octanol–water partition coefficient (Wildman–Crippen LogP) is 5.90. The van der Waals surface area contributed by atoms with Gasteiger partial charge in [-0.3, -0.25) is 4.99 Å². The number of aliphatic imine (C=N–C) groups is 1. The van der Waals surface area contributed by atoms with Crippen LogP contribution in [0.5, 0.6) is 0 Å². The van der Waals surface area contributed by atoms with E-state index in [1.54, 1.807) is 18.2 Å². The third-order valence-electron chi connectivity index (χ3n) is 4.64. The van der Waals surface area contributed by atoms with Crippen molar-refractivity contribution in [1.29, 1.82) is 0 Å². The molecule has 0 unspecified atom stereocenters. The van der Waals surface area contributed by atoms with Crippen LogP contribution in [0.2, 0.25) is 5.02 Å². The predicted molar refractivity (Wildman–Crippen MR) is 115 cm³/mol. The molecule has 28 heavy (non-hydrogen) atoms. The first kappa shape index (κ1) is 19.9. The average molecular weight is 395 g/mol. The number of methoxy groups -OCH3 is 1. The molecule has 0 aliphatic carbocycles. The van der Waals surface area contributed by atoms with E-state index in [9.17, 15) is 4.79 Å². The molecule has 0 spiro atoms. The van der Waals surface area contributed by atoms with Crippen molar-refractivity contribution in [2.45, 2.75) is 27.7 Å². The lowest BCUT2D eigenvalue weighted by atomic mass is 10.1. The summed E-state index contributed by atoms with van der Waals surface area (Å²) in [7, 11) is 1.33. The maximum atomic E-state index is 11.8. The number of aryl methyl sites for hydroxylation is 3. The Balaban J connectivity index is 1.97. The largest absolute Gasteiger partial charge is 0.465 e. The highest BCUT2D eigenvalue weighted by molar-refractivity contribution is 6.33. The summed E-state index contributed by atoms with van der Waals surface area (Å²) in [6.45, 7) is 8.37. The second kappa shape index (κ2) is 8.03. The summed E-state index contributed by atoms with van der Waals surface area (Å²) in [5, 5.41) is 0.346. The Morgan fingerprint density at radius 2 is 1.71 bits per heavy atom. The summed E-state index contributed by atoms with van der Waals surface area (Å²) >= 11 is 6.07. The number of carbonyl (C=O) groups is 1. The van der Waals surface area contributed by atoms with Crippen molar-refractivity contribution in [1.82, 2.24) is 4.57 Å². The lowest BCUT2D eigenvalue weighted by molar-refractivity contribution is 0.0601. The topological polar surface area (TPSA) is 43.6 Å². The Labute approximate surface area is 170 Å². The van der Waals surface area contributed by atoms with Crippen LogP contribution in [0.15, 0.2) is 47.5 Å². The molecule has 3 aromatic rings. The van der Waals surface area contributed by atoms with Crippen molar-refractivity contribution < 1.29 is 9.53 Å². The van der Waals surface area contributed by atoms with Crippen molar-refractivity contribution in [3.05, 3.63) is 81.1 Å². The van der Waals surface area contributed by atoms with Crippen molar-refractivity contribution in [2.24, 2.45) is 4.99 Å². The van der Waals surface area contributed by atoms with Crippen molar-refractivity contribution in [3.8, 4) is 5.69 Å². The summed E-state index contributed by atoms with van der Waals surface area (Å²) in [5.74, 6) is -0.477. The summed E-state index contributed by atoms with van der Waals surface area (Å²) in [4.78, 5) is 16.3. The molecule has 2 aromatic carbocycles. The van der Waals surface area contributed by atoms with E-state index in [2.05, 4.69) is 61.5 Å². The van der Waals surface area contributed by atoms with Crippen LogP contribution in [0.25, 0.3) is 5.69 Å². The van der Waals surface area contributed by atoms with Gasteiger partial charge in [0.05, 0.1) is 23.4 Å². The van der Waals surface area contributed by atoms with Crippen LogP contribution in [0.3, 0.4) is 0 Å². The van der Waals surface area contributed by atoms with Gasteiger partial charge in [0, 0.05) is 28.9 Å². The van der Waals surface area contributed by atoms with Crippen LogP contribution >= 0.6 is 11.6 Å². The van der Waals surface area contributed by atoms with Crippen LogP contribution in [0, 0.1) is 27.7 Å². The minimum absolute atomic E-state index is 0.305. The zero-order chi connectivity index (χ0) is 20.4. The Hall–Kier alpha value is -2.85. The number of halogens is 1. The zero-order valence-electron chi connectivity index (χ0n) is 16.7. The number of benzene rings is 2. The second-order valence-electron chi connectivity index (χ2n) is 6.92. The molecule has 4 nitrogen and oxygen atoms in total. The number of aromatic nitrogens is 1. The summed E-state index contributed by atoms with van der Waals surface area (Å²) in [6.07, 6.45) is 1.81. The van der Waals surface area contributed by atoms with Crippen LogP contribution in [-0.2, 0) is 4.74 Å². The molecule has 3 rings (SSSR count). The summed E-state index contributed by atoms with van der Waals surface area (Å²) < 4.78 is 6.99. The van der Waals surface area contributed by atoms with E-state index in [0.717, 1.165) is 22.6 Å². The lowest BCUT2D eigenvalue weighted by Gasteiger charge is -2.11. The van der Waals surface area contributed by atoms with E-state index >= 15 is 0 Å². The highest BCUT2D eigenvalue weighted by Gasteiger charge is 2.12. The summed E-state index contributed by atoms with van der Waals surface area (Å²) in [5.41, 5.74) is 7.81. The maximum absolute atomic E-state index is 11.8. The van der Waals surface area contributed by atoms with Crippen molar-refractivity contribution in [3.63, 3.8) is 0 Å². The van der Waals surface area contributed by atoms with Gasteiger partial charge in [-0.2, -0.15) is 0 Å². The van der Waals surface area contributed by atoms with E-state index in [1.807, 2.05) is 6.21 Å². The summed E-state index contributed by atoms with van der Waals surface area (Å²) in [6, 6.07) is 13.7. The third kappa shape index (κ3) is 4.02. The van der Waals surface area contributed by atoms with E-state index in [-0.39, 0.29) is 0 Å². The second-order valence-corrected chi connectivity index (χ2v) is 7.33. The highest BCUT2D eigenvalue weighted by Crippen LogP contribution is 2.25. The highest BCUT2D eigenvalue weighted by atomic mass is 35.5. The van der Waals surface area contributed by atoms with Gasteiger partial charge in [0.15, 0.2) is 0 Å². The van der Waals surface area contributed by atoms with Crippen LogP contribution in [-0.4, -0.2) is 23.9 Å². The van der Waals surface area contributed by atoms with Gasteiger partial charge in [-0.1, -0.05) is 17.7 Å². The molecule has 0 bridgehead atoms. The molecular weight excluding hydrogens is 372 g/mol. The Morgan fingerprint density at radius 1 is 1.04 bits per heavy atom. The normalized spacial score (nSPS) is 11.2. The number of rotatable bonds is 4. The molecule has 0 atom stereocenters. The number of hydrogen-bond donors (Lipinski definition) is 0. The van der Waals surface area contributed by atoms with Gasteiger partial charge in [0.1, 0.15) is 0 Å². The van der Waals surface area contributed by atoms with E-state index in [1.165, 1.54) is 18.2 Å². The van der Waals surface area contributed by atoms with Gasteiger partial charge in [0.2, 0.25) is 0 Å². The van der Waals surface area contributed by atoms with E-state index in [4.69, 9.17) is 16.3 Å². The molecular formula is C23H23ClN2O2. The van der Waals surface area contributed by atoms with Crippen LogP contribution in [0.1, 0.15) is 38.4 Å². The lowest BCUT2D eigenvalue weighted by Crippen LogP contribution is -2.01. The fraction of sp³-hybridized carbons (Fsp3) is 0.217. The van der Waals surface area contributed by atoms with Crippen molar-refractivity contribution >= 4 is 29.5 Å². The minimum Gasteiger partial charge on any atom is -0.465 e. The molecule has 0 aliphatic rings. The number of esters is 1. The van der Waals surface area contributed by atoms with Gasteiger partial charge < -0.3 is 9.30 Å². The van der Waals surface area contributed by atoms with E-state index in [0.29, 0.717) is 16.3 Å². The maximum Gasteiger partial charge on any atom is 0.339 e. The SMILES string of the molecule is COC(=O)c1cc(N=Cc2cc(C)n(-c3cc(C)cc(C)c3)c2C)ccc1Cl. The first-order chi connectivity index (χ1) is 13.3. The third-order valence-corrected chi connectivity index (χ3v) is 4.97. The van der Waals surface area contributed by atoms with Gasteiger partial charge in [-0.25, -0.2) is 4.79 Å². The number of ether oxygens (including phenoxy) is 1. The van der Waals surface area contributed by atoms with Gasteiger partial charge >= 0.3 is 5.97 Å². The van der Waals surface area contributed by atoms with E-state index < -0.39 is 5.97 Å². The molecule has 144 valence electrons. The monoisotopic (exact) mass is 394 g/mol. The number of nitrogens with zero attached hydrogens (tertiary/aromatic N) is 2. The van der Waals surface area contributed by atoms with Gasteiger partial charge in [-0.15, -0.1) is 0 Å². The van der Waals surface area contributed by atoms with Crippen molar-refractivity contribution in [2.75, 3.05) is 7.11 Å². The molecule has 0 amide bonds. The quantitative estimate of drug-likeness (QED) is 0.408. The Morgan fingerprint density at radius 3 is 2.36 bits per heavy atom. The van der Waals surface area contributed by atoms with Crippen LogP contribution in [0.4, 0.5) is 5.69 Å². The Bertz CT molecular complexity index is 1060. The average Bonchev–Trinajstić information content (AvgIpc) is 2.93. The molecule has 0 saturated heterocycles. The van der Waals surface area contributed by atoms with Crippen LogP contribution < -0.4 is 0 Å². The first-order valence-corrected chi connectivity index (χ1v) is 9.37. The first-order valence-electron chi connectivity index (χ1n) is 8.99. The molecule has 0 saturated carbocycles. The number of carbonyl (C=O) groups excluding carboxylic acids is 1. The molecule has 0 fully saturated rings. The van der Waals surface area contributed by atoms with Gasteiger partial charge in [0.25, 0.3) is 0 Å². The Kier molecular flexibility index (Phi) is 5.71. The number of hydrogen-bond acceptors (Lipinski definition) is 3. The molecule has 0 N–H and O–H groups in total. The smallest absolute Gasteiger partial charge is 0.339 e. The molecule has 1 aromatic heterocycles. The minimum atomic E-state index is -0.477. The fourth-order valence-corrected chi connectivity index (χ4v) is 3.59. The standard InChI is InChI=1S/C23H23ClN2O2/c1-14-8-15(2)10-20(9-14)26-16(3)11-18(17(26)4)13-25-19-6-7-22(24)21(12-19)23(27)28-5/h6-13H,1-5H3. The molecule has 5 heteroatoms. The zero-order valence-corrected chi connectivity index (χ0v) is 17.5. The fourth-order valence-electron chi connectivity index (χ4n) is 3.40. The molecule has 1 heterocycles.